The van der Waals surface area contributed by atoms with E-state index in [1.807, 2.05) is 4.90 Å². The van der Waals surface area contributed by atoms with Crippen LogP contribution in [0.3, 0.4) is 0 Å². The second-order valence-electron chi connectivity index (χ2n) is 4.86. The summed E-state index contributed by atoms with van der Waals surface area (Å²) in [5.41, 5.74) is 5.68. The molecular weight excluding hydrogens is 232 g/mol. The van der Waals surface area contributed by atoms with E-state index >= 15 is 0 Å². The van der Waals surface area contributed by atoms with Gasteiger partial charge < -0.3 is 10.6 Å². The van der Waals surface area contributed by atoms with E-state index in [-0.39, 0.29) is 5.69 Å². The summed E-state index contributed by atoms with van der Waals surface area (Å²) in [7, 11) is 0. The number of hydrogen-bond acceptors (Lipinski definition) is 5. The Bertz CT molecular complexity index is 450. The monoisotopic (exact) mass is 250 g/mol. The first-order valence-corrected chi connectivity index (χ1v) is 6.24. The first-order valence-electron chi connectivity index (χ1n) is 6.24. The minimum atomic E-state index is -0.393. The lowest BCUT2D eigenvalue weighted by atomic mass is 10.0. The normalized spacial score (nSPS) is 20.5. The Morgan fingerprint density at radius 1 is 1.44 bits per heavy atom. The van der Waals surface area contributed by atoms with Crippen LogP contribution in [0.4, 0.5) is 17.3 Å². The Hall–Kier alpha value is -1.85. The fourth-order valence-corrected chi connectivity index (χ4v) is 2.31. The van der Waals surface area contributed by atoms with Crippen LogP contribution >= 0.6 is 0 Å². The summed E-state index contributed by atoms with van der Waals surface area (Å²) in [4.78, 5) is 16.8. The SMILES string of the molecule is CC1CCCN(c2nc(N)ccc2[N+](=O)[O-])CC1. The maximum Gasteiger partial charge on any atom is 0.311 e. The third kappa shape index (κ3) is 2.69. The van der Waals surface area contributed by atoms with Gasteiger partial charge in [0.15, 0.2) is 0 Å². The van der Waals surface area contributed by atoms with E-state index in [1.165, 1.54) is 12.1 Å². The summed E-state index contributed by atoms with van der Waals surface area (Å²) in [6.07, 6.45) is 3.23. The molecule has 0 bridgehead atoms. The van der Waals surface area contributed by atoms with E-state index in [0.717, 1.165) is 32.4 Å². The van der Waals surface area contributed by atoms with Gasteiger partial charge >= 0.3 is 5.69 Å². The van der Waals surface area contributed by atoms with Crippen molar-refractivity contribution in [3.05, 3.63) is 22.2 Å². The van der Waals surface area contributed by atoms with Crippen LogP contribution < -0.4 is 10.6 Å². The zero-order valence-electron chi connectivity index (χ0n) is 10.5. The molecule has 1 unspecified atom stereocenters. The van der Waals surface area contributed by atoms with Gasteiger partial charge in [0.2, 0.25) is 5.82 Å². The van der Waals surface area contributed by atoms with E-state index in [2.05, 4.69) is 11.9 Å². The first-order chi connectivity index (χ1) is 8.58. The minimum Gasteiger partial charge on any atom is -0.384 e. The van der Waals surface area contributed by atoms with Crippen molar-refractivity contribution in [2.45, 2.75) is 26.2 Å². The van der Waals surface area contributed by atoms with E-state index in [9.17, 15) is 10.1 Å². The van der Waals surface area contributed by atoms with Crippen molar-refractivity contribution in [3.8, 4) is 0 Å². The molecule has 0 aliphatic carbocycles. The molecule has 1 fully saturated rings. The van der Waals surface area contributed by atoms with Gasteiger partial charge in [-0.3, -0.25) is 10.1 Å². The fraction of sp³-hybridized carbons (Fsp3) is 0.583. The van der Waals surface area contributed by atoms with Crippen LogP contribution in [0.2, 0.25) is 0 Å². The van der Waals surface area contributed by atoms with Gasteiger partial charge in [-0.05, 0) is 31.2 Å². The van der Waals surface area contributed by atoms with E-state index in [4.69, 9.17) is 5.73 Å². The van der Waals surface area contributed by atoms with Crippen LogP contribution in [0.5, 0.6) is 0 Å². The second-order valence-corrected chi connectivity index (χ2v) is 4.86. The average molecular weight is 250 g/mol. The molecule has 1 saturated heterocycles. The second kappa shape index (κ2) is 5.20. The smallest absolute Gasteiger partial charge is 0.311 e. The molecule has 0 saturated carbocycles. The van der Waals surface area contributed by atoms with Crippen LogP contribution in [-0.4, -0.2) is 23.0 Å². The molecule has 2 heterocycles. The van der Waals surface area contributed by atoms with Gasteiger partial charge in [-0.15, -0.1) is 0 Å². The van der Waals surface area contributed by atoms with Gasteiger partial charge in [0, 0.05) is 19.2 Å². The number of nitrogens with two attached hydrogens (primary N) is 1. The molecule has 2 N–H and O–H groups in total. The van der Waals surface area contributed by atoms with Crippen LogP contribution in [0.25, 0.3) is 0 Å². The highest BCUT2D eigenvalue weighted by Crippen LogP contribution is 2.29. The van der Waals surface area contributed by atoms with Gasteiger partial charge in [-0.2, -0.15) is 0 Å². The summed E-state index contributed by atoms with van der Waals surface area (Å²) in [5.74, 6) is 1.40. The first kappa shape index (κ1) is 12.6. The summed E-state index contributed by atoms with van der Waals surface area (Å²) < 4.78 is 0. The van der Waals surface area contributed by atoms with Crippen molar-refractivity contribution in [1.82, 2.24) is 4.98 Å². The maximum atomic E-state index is 11.0. The van der Waals surface area contributed by atoms with E-state index in [0.29, 0.717) is 17.6 Å². The van der Waals surface area contributed by atoms with Crippen LogP contribution in [0.1, 0.15) is 26.2 Å². The highest BCUT2D eigenvalue weighted by atomic mass is 16.6. The van der Waals surface area contributed by atoms with Crippen molar-refractivity contribution in [1.29, 1.82) is 0 Å². The Morgan fingerprint density at radius 3 is 2.94 bits per heavy atom. The molecule has 1 aliphatic rings. The third-order valence-corrected chi connectivity index (χ3v) is 3.39. The fourth-order valence-electron chi connectivity index (χ4n) is 2.31. The summed E-state index contributed by atoms with van der Waals surface area (Å²) in [6.45, 7) is 3.82. The Balaban J connectivity index is 2.30. The van der Waals surface area contributed by atoms with Gasteiger partial charge in [-0.25, -0.2) is 4.98 Å². The number of pyridine rings is 1. The maximum absolute atomic E-state index is 11.0. The molecule has 0 amide bonds. The zero-order chi connectivity index (χ0) is 13.1. The molecular formula is C12H18N4O2. The number of hydrogen-bond donors (Lipinski definition) is 1. The molecule has 0 spiro atoms. The van der Waals surface area contributed by atoms with E-state index < -0.39 is 4.92 Å². The van der Waals surface area contributed by atoms with Crippen molar-refractivity contribution >= 4 is 17.3 Å². The number of nitrogens with zero attached hydrogens (tertiary/aromatic N) is 3. The van der Waals surface area contributed by atoms with Crippen LogP contribution in [0.15, 0.2) is 12.1 Å². The summed E-state index contributed by atoms with van der Waals surface area (Å²) >= 11 is 0. The molecule has 1 aliphatic heterocycles. The topological polar surface area (TPSA) is 85.3 Å². The molecule has 18 heavy (non-hydrogen) atoms. The quantitative estimate of drug-likeness (QED) is 0.642. The predicted octanol–water partition coefficient (Wildman–Crippen LogP) is 2.20. The molecule has 1 aromatic rings. The molecule has 6 heteroatoms. The summed E-state index contributed by atoms with van der Waals surface area (Å²) in [5, 5.41) is 11.0. The number of rotatable bonds is 2. The number of aromatic nitrogens is 1. The predicted molar refractivity (Wildman–Crippen MR) is 70.5 cm³/mol. The number of nitro groups is 1. The van der Waals surface area contributed by atoms with Crippen LogP contribution in [-0.2, 0) is 0 Å². The van der Waals surface area contributed by atoms with Crippen molar-refractivity contribution < 1.29 is 4.92 Å². The standard InChI is InChI=1S/C12H18N4O2/c1-9-3-2-7-15(8-6-9)12-10(16(17)18)4-5-11(13)14-12/h4-5,9H,2-3,6-8H2,1H3,(H2,13,14). The molecule has 1 atom stereocenters. The minimum absolute atomic E-state index is 0.0405. The molecule has 98 valence electrons. The number of anilines is 2. The highest BCUT2D eigenvalue weighted by molar-refractivity contribution is 5.61. The van der Waals surface area contributed by atoms with E-state index in [1.54, 1.807) is 0 Å². The lowest BCUT2D eigenvalue weighted by molar-refractivity contribution is -0.384. The number of nitrogen functional groups attached to an aromatic ring is 1. The summed E-state index contributed by atoms with van der Waals surface area (Å²) in [6, 6.07) is 2.91. The van der Waals surface area contributed by atoms with Gasteiger partial charge in [0.1, 0.15) is 5.82 Å². The molecule has 2 rings (SSSR count). The lowest BCUT2D eigenvalue weighted by Crippen LogP contribution is -2.26. The average Bonchev–Trinajstić information content (AvgIpc) is 2.53. The molecule has 0 aromatic carbocycles. The Labute approximate surface area is 106 Å². The molecule has 0 radical (unpaired) electrons. The lowest BCUT2D eigenvalue weighted by Gasteiger charge is -2.21. The highest BCUT2D eigenvalue weighted by Gasteiger charge is 2.23. The van der Waals surface area contributed by atoms with Gasteiger partial charge in [0.25, 0.3) is 0 Å². The Morgan fingerprint density at radius 2 is 2.22 bits per heavy atom. The van der Waals surface area contributed by atoms with Crippen molar-refractivity contribution in [2.75, 3.05) is 23.7 Å². The zero-order valence-corrected chi connectivity index (χ0v) is 10.5. The molecule has 1 aromatic heterocycles. The largest absolute Gasteiger partial charge is 0.384 e. The van der Waals surface area contributed by atoms with Crippen molar-refractivity contribution in [2.24, 2.45) is 5.92 Å². The van der Waals surface area contributed by atoms with Gasteiger partial charge in [0.05, 0.1) is 4.92 Å². The third-order valence-electron chi connectivity index (χ3n) is 3.39. The Kier molecular flexibility index (Phi) is 3.64. The molecule has 6 nitrogen and oxygen atoms in total. The van der Waals surface area contributed by atoms with Crippen LogP contribution in [0, 0.1) is 16.0 Å². The van der Waals surface area contributed by atoms with Crippen molar-refractivity contribution in [3.63, 3.8) is 0 Å². The van der Waals surface area contributed by atoms with Gasteiger partial charge in [-0.1, -0.05) is 6.92 Å².